The third-order valence-corrected chi connectivity index (χ3v) is 3.40. The predicted molar refractivity (Wildman–Crippen MR) is 62.9 cm³/mol. The summed E-state index contributed by atoms with van der Waals surface area (Å²) < 4.78 is 5.76. The third kappa shape index (κ3) is 1.84. The summed E-state index contributed by atoms with van der Waals surface area (Å²) in [4.78, 5) is 0. The van der Waals surface area contributed by atoms with Crippen molar-refractivity contribution >= 4 is 12.4 Å². The van der Waals surface area contributed by atoms with E-state index in [9.17, 15) is 0 Å². The summed E-state index contributed by atoms with van der Waals surface area (Å²) in [5.41, 5.74) is 1.40. The Hall–Kier alpha value is -0.730. The van der Waals surface area contributed by atoms with Gasteiger partial charge in [0.15, 0.2) is 0 Å². The van der Waals surface area contributed by atoms with E-state index in [4.69, 9.17) is 4.74 Å². The topological polar surface area (TPSA) is 21.3 Å². The lowest BCUT2D eigenvalue weighted by molar-refractivity contribution is 0.296. The summed E-state index contributed by atoms with van der Waals surface area (Å²) in [6, 6.07) is 8.48. The summed E-state index contributed by atoms with van der Waals surface area (Å²) in [6.07, 6.45) is 1.19. The van der Waals surface area contributed by atoms with Gasteiger partial charge in [-0.25, -0.2) is 0 Å². The number of hydrogen-bond donors (Lipinski definition) is 1. The normalized spacial score (nSPS) is 28.0. The molecule has 82 valence electrons. The Kier molecular flexibility index (Phi) is 3.17. The van der Waals surface area contributed by atoms with E-state index in [0.29, 0.717) is 5.92 Å². The summed E-state index contributed by atoms with van der Waals surface area (Å²) >= 11 is 0. The van der Waals surface area contributed by atoms with Gasteiger partial charge >= 0.3 is 0 Å². The molecular weight excluding hydrogens is 210 g/mol. The van der Waals surface area contributed by atoms with Gasteiger partial charge in [-0.15, -0.1) is 12.4 Å². The number of rotatable bonds is 0. The summed E-state index contributed by atoms with van der Waals surface area (Å²) in [5, 5.41) is 3.48. The first-order valence-electron chi connectivity index (χ1n) is 5.37. The maximum Gasteiger partial charge on any atom is 0.122 e. The molecular formula is C12H16ClNO. The van der Waals surface area contributed by atoms with Gasteiger partial charge in [-0.05, 0) is 30.5 Å². The maximum absolute atomic E-state index is 5.76. The standard InChI is InChI=1S/C12H15NO.ClH/c1-2-4-12-10(3-1)11-8-13-7-9(11)5-6-14-12;/h1-4,9,11,13H,5-8H2;1H/t9-,11-;/m1./s1. The molecule has 1 aromatic carbocycles. The Morgan fingerprint density at radius 2 is 2.07 bits per heavy atom. The van der Waals surface area contributed by atoms with Gasteiger partial charge in [-0.1, -0.05) is 18.2 Å². The second-order valence-corrected chi connectivity index (χ2v) is 4.20. The Labute approximate surface area is 96.4 Å². The largest absolute Gasteiger partial charge is 0.493 e. The molecule has 1 saturated heterocycles. The van der Waals surface area contributed by atoms with Crippen LogP contribution in [0.1, 0.15) is 17.9 Å². The summed E-state index contributed by atoms with van der Waals surface area (Å²) in [5.74, 6) is 2.55. The van der Waals surface area contributed by atoms with Crippen LogP contribution in [0.15, 0.2) is 24.3 Å². The van der Waals surface area contributed by atoms with Gasteiger partial charge in [-0.2, -0.15) is 0 Å². The van der Waals surface area contributed by atoms with E-state index in [1.165, 1.54) is 12.0 Å². The Balaban J connectivity index is 0.000000853. The number of halogens is 1. The predicted octanol–water partition coefficient (Wildman–Crippen LogP) is 2.19. The van der Waals surface area contributed by atoms with Crippen LogP contribution in [0.25, 0.3) is 0 Å². The van der Waals surface area contributed by atoms with E-state index < -0.39 is 0 Å². The van der Waals surface area contributed by atoms with Gasteiger partial charge in [0, 0.05) is 12.5 Å². The Morgan fingerprint density at radius 1 is 1.20 bits per heavy atom. The Morgan fingerprint density at radius 3 is 3.00 bits per heavy atom. The van der Waals surface area contributed by atoms with Crippen molar-refractivity contribution < 1.29 is 4.74 Å². The van der Waals surface area contributed by atoms with Crippen LogP contribution in [0.5, 0.6) is 5.75 Å². The molecule has 2 aliphatic rings. The molecule has 1 aromatic rings. The number of para-hydroxylation sites is 1. The minimum atomic E-state index is 0. The molecule has 0 amide bonds. The Bertz CT molecular complexity index is 342. The van der Waals surface area contributed by atoms with Crippen molar-refractivity contribution in [2.45, 2.75) is 12.3 Å². The van der Waals surface area contributed by atoms with Gasteiger partial charge in [-0.3, -0.25) is 0 Å². The van der Waals surface area contributed by atoms with Gasteiger partial charge < -0.3 is 10.1 Å². The van der Waals surface area contributed by atoms with E-state index in [1.807, 2.05) is 0 Å². The zero-order valence-electron chi connectivity index (χ0n) is 8.61. The van der Waals surface area contributed by atoms with Crippen molar-refractivity contribution in [1.29, 1.82) is 0 Å². The van der Waals surface area contributed by atoms with Crippen LogP contribution in [0.4, 0.5) is 0 Å². The van der Waals surface area contributed by atoms with Crippen molar-refractivity contribution in [2.75, 3.05) is 19.7 Å². The summed E-state index contributed by atoms with van der Waals surface area (Å²) in [7, 11) is 0. The fraction of sp³-hybridized carbons (Fsp3) is 0.500. The second-order valence-electron chi connectivity index (χ2n) is 4.20. The van der Waals surface area contributed by atoms with Crippen molar-refractivity contribution in [3.05, 3.63) is 29.8 Å². The van der Waals surface area contributed by atoms with Crippen LogP contribution in [0.2, 0.25) is 0 Å². The van der Waals surface area contributed by atoms with E-state index in [-0.39, 0.29) is 12.4 Å². The first-order valence-corrected chi connectivity index (χ1v) is 5.37. The lowest BCUT2D eigenvalue weighted by atomic mass is 9.87. The number of nitrogens with one attached hydrogen (secondary N) is 1. The van der Waals surface area contributed by atoms with Crippen molar-refractivity contribution in [3.63, 3.8) is 0 Å². The monoisotopic (exact) mass is 225 g/mol. The third-order valence-electron chi connectivity index (χ3n) is 3.40. The molecule has 3 heteroatoms. The van der Waals surface area contributed by atoms with Crippen LogP contribution in [-0.4, -0.2) is 19.7 Å². The number of hydrogen-bond acceptors (Lipinski definition) is 2. The molecule has 0 radical (unpaired) electrons. The number of ether oxygens (including phenoxy) is 1. The molecule has 1 N–H and O–H groups in total. The molecule has 2 heterocycles. The highest BCUT2D eigenvalue weighted by atomic mass is 35.5. The number of benzene rings is 1. The average molecular weight is 226 g/mol. The fourth-order valence-corrected chi connectivity index (χ4v) is 2.64. The lowest BCUT2D eigenvalue weighted by Crippen LogP contribution is -2.11. The zero-order valence-corrected chi connectivity index (χ0v) is 9.43. The van der Waals surface area contributed by atoms with Crippen LogP contribution in [0, 0.1) is 5.92 Å². The average Bonchev–Trinajstić information content (AvgIpc) is 2.61. The SMILES string of the molecule is Cl.c1ccc2c(c1)OCC[C@@H]1CNC[C@@H]21. The van der Waals surface area contributed by atoms with E-state index >= 15 is 0 Å². The molecule has 0 spiro atoms. The second kappa shape index (κ2) is 4.42. The fourth-order valence-electron chi connectivity index (χ4n) is 2.64. The first kappa shape index (κ1) is 10.8. The lowest BCUT2D eigenvalue weighted by Gasteiger charge is -2.15. The molecule has 2 nitrogen and oxygen atoms in total. The smallest absolute Gasteiger partial charge is 0.122 e. The van der Waals surface area contributed by atoms with Gasteiger partial charge in [0.1, 0.15) is 5.75 Å². The summed E-state index contributed by atoms with van der Waals surface area (Å²) in [6.45, 7) is 3.15. The van der Waals surface area contributed by atoms with Crippen molar-refractivity contribution in [1.82, 2.24) is 5.32 Å². The van der Waals surface area contributed by atoms with Crippen LogP contribution < -0.4 is 10.1 Å². The zero-order chi connectivity index (χ0) is 9.38. The van der Waals surface area contributed by atoms with Crippen LogP contribution in [0.3, 0.4) is 0 Å². The van der Waals surface area contributed by atoms with E-state index in [0.717, 1.165) is 31.4 Å². The molecule has 2 aliphatic heterocycles. The molecule has 0 bridgehead atoms. The van der Waals surface area contributed by atoms with Crippen LogP contribution in [-0.2, 0) is 0 Å². The molecule has 0 aliphatic carbocycles. The minimum absolute atomic E-state index is 0. The van der Waals surface area contributed by atoms with Gasteiger partial charge in [0.25, 0.3) is 0 Å². The highest BCUT2D eigenvalue weighted by Crippen LogP contribution is 2.38. The molecule has 0 saturated carbocycles. The quantitative estimate of drug-likeness (QED) is 0.731. The van der Waals surface area contributed by atoms with E-state index in [1.54, 1.807) is 0 Å². The molecule has 2 atom stereocenters. The molecule has 0 unspecified atom stereocenters. The molecule has 15 heavy (non-hydrogen) atoms. The number of fused-ring (bicyclic) bond motifs is 3. The maximum atomic E-state index is 5.76. The highest BCUT2D eigenvalue weighted by Gasteiger charge is 2.32. The van der Waals surface area contributed by atoms with Gasteiger partial charge in [0.2, 0.25) is 0 Å². The van der Waals surface area contributed by atoms with Gasteiger partial charge in [0.05, 0.1) is 6.61 Å². The molecule has 0 aromatic heterocycles. The molecule has 3 rings (SSSR count). The first-order chi connectivity index (χ1) is 6.95. The minimum Gasteiger partial charge on any atom is -0.493 e. The van der Waals surface area contributed by atoms with Crippen LogP contribution >= 0.6 is 12.4 Å². The van der Waals surface area contributed by atoms with E-state index in [2.05, 4.69) is 29.6 Å². The highest BCUT2D eigenvalue weighted by molar-refractivity contribution is 5.85. The molecule has 1 fully saturated rings. The van der Waals surface area contributed by atoms with Crippen molar-refractivity contribution in [2.24, 2.45) is 5.92 Å². The van der Waals surface area contributed by atoms with Crippen molar-refractivity contribution in [3.8, 4) is 5.75 Å².